The second-order valence-electron chi connectivity index (χ2n) is 11.6. The summed E-state index contributed by atoms with van der Waals surface area (Å²) in [7, 11) is 0. The molecule has 6 aliphatic rings. The Morgan fingerprint density at radius 3 is 2.26 bits per heavy atom. The number of hydrogen-bond donors (Lipinski definition) is 0. The van der Waals surface area contributed by atoms with Crippen LogP contribution in [-0.4, -0.2) is 50.1 Å². The van der Waals surface area contributed by atoms with Crippen molar-refractivity contribution < 1.29 is 28.5 Å². The van der Waals surface area contributed by atoms with Gasteiger partial charge in [0, 0.05) is 31.1 Å². The fourth-order valence-corrected chi connectivity index (χ4v) is 9.17. The molecule has 31 heavy (non-hydrogen) atoms. The molecule has 7 atom stereocenters. The van der Waals surface area contributed by atoms with Crippen molar-refractivity contribution in [1.82, 2.24) is 0 Å². The van der Waals surface area contributed by atoms with Crippen LogP contribution in [0.2, 0.25) is 0 Å². The molecule has 0 radical (unpaired) electrons. The van der Waals surface area contributed by atoms with Gasteiger partial charge in [0.25, 0.3) is 0 Å². The van der Waals surface area contributed by atoms with E-state index in [2.05, 4.69) is 13.8 Å². The number of carbonyl (C=O) groups is 1. The summed E-state index contributed by atoms with van der Waals surface area (Å²) < 4.78 is 31.4. The van der Waals surface area contributed by atoms with Gasteiger partial charge in [-0.1, -0.05) is 13.8 Å². The molecule has 0 aromatic carbocycles. The van der Waals surface area contributed by atoms with Crippen LogP contribution in [0.25, 0.3) is 0 Å². The quantitative estimate of drug-likeness (QED) is 0.580. The van der Waals surface area contributed by atoms with E-state index in [4.69, 9.17) is 23.7 Å². The minimum absolute atomic E-state index is 0.0190. The van der Waals surface area contributed by atoms with Crippen LogP contribution in [-0.2, 0) is 28.5 Å². The first-order valence-electron chi connectivity index (χ1n) is 12.6. The molecule has 6 rings (SSSR count). The molecule has 4 saturated carbocycles. The van der Waals surface area contributed by atoms with E-state index < -0.39 is 11.6 Å². The van der Waals surface area contributed by atoms with Crippen molar-refractivity contribution in [3.8, 4) is 0 Å². The molecule has 2 spiro atoms. The third-order valence-corrected chi connectivity index (χ3v) is 10.5. The Bertz CT molecular complexity index is 740. The van der Waals surface area contributed by atoms with Crippen LogP contribution in [0.4, 0.5) is 0 Å². The van der Waals surface area contributed by atoms with Crippen molar-refractivity contribution in [2.24, 2.45) is 34.5 Å². The number of fused-ring (bicyclic) bond motifs is 7. The molecule has 0 aromatic heterocycles. The molecule has 0 N–H and O–H groups in total. The number of carbonyl (C=O) groups excluding carboxylic acids is 1. The molecule has 0 bridgehead atoms. The zero-order valence-electron chi connectivity index (χ0n) is 19.3. The lowest BCUT2D eigenvalue weighted by Crippen LogP contribution is -2.65. The normalized spacial score (nSPS) is 49.6. The Morgan fingerprint density at radius 2 is 1.55 bits per heavy atom. The van der Waals surface area contributed by atoms with Gasteiger partial charge in [0.15, 0.2) is 11.6 Å². The monoisotopic (exact) mass is 434 g/mol. The first kappa shape index (κ1) is 20.9. The maximum absolute atomic E-state index is 11.6. The van der Waals surface area contributed by atoms with E-state index in [0.717, 1.165) is 44.9 Å². The van der Waals surface area contributed by atoms with Crippen LogP contribution in [0, 0.1) is 34.5 Å². The maximum atomic E-state index is 11.6. The van der Waals surface area contributed by atoms with Gasteiger partial charge < -0.3 is 23.7 Å². The van der Waals surface area contributed by atoms with E-state index in [1.165, 1.54) is 13.3 Å². The molecular weight excluding hydrogens is 396 g/mol. The summed E-state index contributed by atoms with van der Waals surface area (Å²) in [4.78, 5) is 11.6. The summed E-state index contributed by atoms with van der Waals surface area (Å²) >= 11 is 0. The predicted octanol–water partition coefficient (Wildman–Crippen LogP) is 4.06. The molecule has 6 heteroatoms. The third kappa shape index (κ3) is 2.74. The number of ether oxygens (including phenoxy) is 5. The lowest BCUT2D eigenvalue weighted by atomic mass is 9.43. The van der Waals surface area contributed by atoms with Crippen molar-refractivity contribution in [2.45, 2.75) is 89.8 Å². The van der Waals surface area contributed by atoms with Crippen molar-refractivity contribution in [2.75, 3.05) is 26.4 Å². The average molecular weight is 435 g/mol. The Hall–Kier alpha value is -0.690. The van der Waals surface area contributed by atoms with E-state index in [0.29, 0.717) is 50.1 Å². The molecule has 174 valence electrons. The predicted molar refractivity (Wildman–Crippen MR) is 112 cm³/mol. The van der Waals surface area contributed by atoms with Crippen LogP contribution in [0.5, 0.6) is 0 Å². The topological polar surface area (TPSA) is 63.2 Å². The molecule has 2 aliphatic heterocycles. The highest BCUT2D eigenvalue weighted by Gasteiger charge is 2.72. The number of esters is 1. The van der Waals surface area contributed by atoms with Gasteiger partial charge in [-0.2, -0.15) is 0 Å². The summed E-state index contributed by atoms with van der Waals surface area (Å²) in [6.45, 7) is 9.25. The summed E-state index contributed by atoms with van der Waals surface area (Å²) in [5.74, 6) is 0.836. The Labute approximate surface area is 185 Å². The first-order valence-corrected chi connectivity index (χ1v) is 12.6. The van der Waals surface area contributed by atoms with E-state index in [1.807, 2.05) is 0 Å². The summed E-state index contributed by atoms with van der Waals surface area (Å²) in [6, 6.07) is 0. The van der Waals surface area contributed by atoms with Gasteiger partial charge >= 0.3 is 5.97 Å². The molecule has 2 saturated heterocycles. The third-order valence-electron chi connectivity index (χ3n) is 10.5. The lowest BCUT2D eigenvalue weighted by molar-refractivity contribution is -0.317. The SMILES string of the molecule is CC(=O)O[C@@H]1CC[C@@]2(C)[C@H](C1)CC1(OCCO1)[C@@H]1[C@H]2CC[C@@]2(C)[C@H]1CCC21OCCO1. The molecule has 4 aliphatic carbocycles. The fraction of sp³-hybridized carbons (Fsp3) is 0.960. The number of rotatable bonds is 1. The Balaban J connectivity index is 1.36. The van der Waals surface area contributed by atoms with Crippen LogP contribution in [0.3, 0.4) is 0 Å². The minimum Gasteiger partial charge on any atom is -0.463 e. The van der Waals surface area contributed by atoms with Crippen molar-refractivity contribution in [3.05, 3.63) is 0 Å². The second kappa shape index (κ2) is 6.91. The average Bonchev–Trinajstić information content (AvgIpc) is 3.45. The van der Waals surface area contributed by atoms with Crippen LogP contribution >= 0.6 is 0 Å². The fourth-order valence-electron chi connectivity index (χ4n) is 9.17. The standard InChI is InChI=1S/C25H38O6/c1-16(26)31-18-4-7-22(2)17(14-18)15-24(27-10-11-28-24)21-19(22)5-8-23(3)20(21)6-9-25(23)29-12-13-30-25/h17-21H,4-15H2,1-3H3/t17-,18-,19-,20+,21-,22+,23+/m1/s1. The Morgan fingerprint density at radius 1 is 0.871 bits per heavy atom. The molecule has 0 aromatic rings. The van der Waals surface area contributed by atoms with Crippen molar-refractivity contribution >= 4 is 5.97 Å². The van der Waals surface area contributed by atoms with Gasteiger partial charge in [-0.25, -0.2) is 0 Å². The molecular formula is C25H38O6. The molecule has 2 heterocycles. The van der Waals surface area contributed by atoms with Crippen LogP contribution in [0.1, 0.15) is 72.1 Å². The van der Waals surface area contributed by atoms with Gasteiger partial charge in [-0.15, -0.1) is 0 Å². The molecule has 0 amide bonds. The highest BCUT2D eigenvalue weighted by atomic mass is 16.7. The van der Waals surface area contributed by atoms with E-state index in [1.54, 1.807) is 0 Å². The van der Waals surface area contributed by atoms with E-state index in [-0.39, 0.29) is 22.9 Å². The molecule has 6 fully saturated rings. The first-order chi connectivity index (χ1) is 14.8. The highest BCUT2D eigenvalue weighted by Crippen LogP contribution is 2.72. The Kier molecular flexibility index (Phi) is 4.65. The van der Waals surface area contributed by atoms with Crippen LogP contribution < -0.4 is 0 Å². The smallest absolute Gasteiger partial charge is 0.302 e. The largest absolute Gasteiger partial charge is 0.463 e. The zero-order valence-corrected chi connectivity index (χ0v) is 19.3. The van der Waals surface area contributed by atoms with Gasteiger partial charge in [-0.3, -0.25) is 4.79 Å². The van der Waals surface area contributed by atoms with Gasteiger partial charge in [-0.05, 0) is 61.7 Å². The van der Waals surface area contributed by atoms with Crippen LogP contribution in [0.15, 0.2) is 0 Å². The van der Waals surface area contributed by atoms with E-state index in [9.17, 15) is 4.79 Å². The van der Waals surface area contributed by atoms with Crippen molar-refractivity contribution in [3.63, 3.8) is 0 Å². The minimum atomic E-state index is -0.497. The molecule has 0 unspecified atom stereocenters. The lowest BCUT2D eigenvalue weighted by Gasteiger charge is -2.65. The van der Waals surface area contributed by atoms with Crippen molar-refractivity contribution in [1.29, 1.82) is 0 Å². The number of hydrogen-bond acceptors (Lipinski definition) is 6. The van der Waals surface area contributed by atoms with Gasteiger partial charge in [0.05, 0.1) is 26.4 Å². The maximum Gasteiger partial charge on any atom is 0.302 e. The van der Waals surface area contributed by atoms with E-state index >= 15 is 0 Å². The second-order valence-corrected chi connectivity index (χ2v) is 11.6. The zero-order chi connectivity index (χ0) is 21.5. The van der Waals surface area contributed by atoms with Gasteiger partial charge in [0.1, 0.15) is 6.10 Å². The summed E-state index contributed by atoms with van der Waals surface area (Å²) in [6.07, 6.45) is 8.42. The van der Waals surface area contributed by atoms with Gasteiger partial charge in [0.2, 0.25) is 0 Å². The summed E-state index contributed by atoms with van der Waals surface area (Å²) in [5, 5.41) is 0. The summed E-state index contributed by atoms with van der Waals surface area (Å²) in [5.41, 5.74) is 0.265. The molecule has 6 nitrogen and oxygen atoms in total. The highest BCUT2D eigenvalue weighted by molar-refractivity contribution is 5.66.